The molecular formula is C16H24N2. The first-order valence-electron chi connectivity index (χ1n) is 7.35. The topological polar surface area (TPSA) is 38.0 Å². The van der Waals surface area contributed by atoms with E-state index in [0.717, 1.165) is 5.92 Å². The largest absolute Gasteiger partial charge is 0.326 e. The van der Waals surface area contributed by atoms with E-state index in [2.05, 4.69) is 30.4 Å². The van der Waals surface area contributed by atoms with Gasteiger partial charge in [-0.2, -0.15) is 0 Å². The lowest BCUT2D eigenvalue weighted by molar-refractivity contribution is 0.371. The van der Waals surface area contributed by atoms with Gasteiger partial charge in [0.1, 0.15) is 0 Å². The summed E-state index contributed by atoms with van der Waals surface area (Å²) in [5, 5.41) is 3.59. The van der Waals surface area contributed by atoms with Gasteiger partial charge in [0, 0.05) is 12.6 Å². The minimum absolute atomic E-state index is 0.594. The van der Waals surface area contributed by atoms with Crippen LogP contribution in [0.1, 0.15) is 61.1 Å². The Morgan fingerprint density at radius 2 is 2.11 bits per heavy atom. The molecule has 2 nitrogen and oxygen atoms in total. The second-order valence-electron chi connectivity index (χ2n) is 5.93. The molecule has 1 aromatic carbocycles. The Bertz CT molecular complexity index is 423. The van der Waals surface area contributed by atoms with Crippen LogP contribution in [0.5, 0.6) is 0 Å². The van der Waals surface area contributed by atoms with Crippen molar-refractivity contribution in [1.82, 2.24) is 5.32 Å². The number of nitrogens with one attached hydrogen (secondary N) is 1. The number of nitrogens with two attached hydrogens (primary N) is 1. The van der Waals surface area contributed by atoms with Crippen molar-refractivity contribution in [2.75, 3.05) is 6.54 Å². The zero-order chi connectivity index (χ0) is 12.5. The SMILES string of the molecule is CC1NCCCC1c1ccc(C2CC2)c(CN)c1. The Morgan fingerprint density at radius 3 is 2.78 bits per heavy atom. The summed E-state index contributed by atoms with van der Waals surface area (Å²) in [6, 6.07) is 7.66. The van der Waals surface area contributed by atoms with Gasteiger partial charge in [-0.15, -0.1) is 0 Å². The van der Waals surface area contributed by atoms with Crippen molar-refractivity contribution in [3.8, 4) is 0 Å². The molecule has 2 fully saturated rings. The fraction of sp³-hybridized carbons (Fsp3) is 0.625. The first kappa shape index (κ1) is 12.2. The van der Waals surface area contributed by atoms with Crippen LogP contribution in [0.15, 0.2) is 18.2 Å². The summed E-state index contributed by atoms with van der Waals surface area (Å²) in [6.45, 7) is 4.16. The molecule has 1 aromatic rings. The fourth-order valence-corrected chi connectivity index (χ4v) is 3.33. The maximum atomic E-state index is 5.93. The van der Waals surface area contributed by atoms with Crippen LogP contribution in [0.2, 0.25) is 0 Å². The van der Waals surface area contributed by atoms with E-state index in [4.69, 9.17) is 5.73 Å². The Morgan fingerprint density at radius 1 is 1.28 bits per heavy atom. The summed E-state index contributed by atoms with van der Waals surface area (Å²) in [7, 11) is 0. The molecular weight excluding hydrogens is 220 g/mol. The number of rotatable bonds is 3. The lowest BCUT2D eigenvalue weighted by Crippen LogP contribution is -2.37. The maximum Gasteiger partial charge on any atom is 0.0181 e. The average Bonchev–Trinajstić information content (AvgIpc) is 3.23. The summed E-state index contributed by atoms with van der Waals surface area (Å²) in [6.07, 6.45) is 5.31. The molecule has 3 N–H and O–H groups in total. The van der Waals surface area contributed by atoms with E-state index in [9.17, 15) is 0 Å². The van der Waals surface area contributed by atoms with Crippen molar-refractivity contribution in [3.63, 3.8) is 0 Å². The summed E-state index contributed by atoms with van der Waals surface area (Å²) in [4.78, 5) is 0. The van der Waals surface area contributed by atoms with E-state index in [1.807, 2.05) is 0 Å². The number of benzene rings is 1. The highest BCUT2D eigenvalue weighted by Crippen LogP contribution is 2.42. The molecule has 0 bridgehead atoms. The lowest BCUT2D eigenvalue weighted by Gasteiger charge is -2.31. The highest BCUT2D eigenvalue weighted by molar-refractivity contribution is 5.38. The second kappa shape index (κ2) is 5.02. The molecule has 0 spiro atoms. The third kappa shape index (κ3) is 2.32. The Kier molecular flexibility index (Phi) is 3.40. The predicted octanol–water partition coefficient (Wildman–Crippen LogP) is 2.88. The van der Waals surface area contributed by atoms with E-state index in [1.165, 1.54) is 48.9 Å². The zero-order valence-corrected chi connectivity index (χ0v) is 11.3. The Labute approximate surface area is 110 Å². The van der Waals surface area contributed by atoms with Crippen molar-refractivity contribution in [1.29, 1.82) is 0 Å². The highest BCUT2D eigenvalue weighted by atomic mass is 14.9. The number of hydrogen-bond acceptors (Lipinski definition) is 2. The van der Waals surface area contributed by atoms with Crippen molar-refractivity contribution in [3.05, 3.63) is 34.9 Å². The van der Waals surface area contributed by atoms with Gasteiger partial charge in [0.2, 0.25) is 0 Å². The van der Waals surface area contributed by atoms with Crippen LogP contribution in [0.3, 0.4) is 0 Å². The second-order valence-corrected chi connectivity index (χ2v) is 5.93. The monoisotopic (exact) mass is 244 g/mol. The first-order chi connectivity index (χ1) is 8.79. The van der Waals surface area contributed by atoms with E-state index in [0.29, 0.717) is 18.5 Å². The molecule has 2 unspecified atom stereocenters. The van der Waals surface area contributed by atoms with Crippen LogP contribution in [-0.2, 0) is 6.54 Å². The molecule has 2 atom stereocenters. The lowest BCUT2D eigenvalue weighted by atomic mass is 9.84. The van der Waals surface area contributed by atoms with Crippen molar-refractivity contribution >= 4 is 0 Å². The molecule has 1 aliphatic carbocycles. The minimum atomic E-state index is 0.594. The van der Waals surface area contributed by atoms with Gasteiger partial charge in [-0.1, -0.05) is 18.2 Å². The summed E-state index contributed by atoms with van der Waals surface area (Å²) in [5.41, 5.74) is 10.3. The van der Waals surface area contributed by atoms with Gasteiger partial charge in [0.25, 0.3) is 0 Å². The number of hydrogen-bond donors (Lipinski definition) is 2. The molecule has 2 heteroatoms. The Balaban J connectivity index is 1.87. The highest BCUT2D eigenvalue weighted by Gasteiger charge is 2.27. The molecule has 3 rings (SSSR count). The molecule has 2 aliphatic rings. The van der Waals surface area contributed by atoms with Crippen LogP contribution in [0, 0.1) is 0 Å². The standard InChI is InChI=1S/C16H24N2/c1-11-15(3-2-8-18-11)13-6-7-16(12-4-5-12)14(9-13)10-17/h6-7,9,11-12,15,18H,2-5,8,10,17H2,1H3. The molecule has 98 valence electrons. The molecule has 0 aromatic heterocycles. The third-order valence-electron chi connectivity index (χ3n) is 4.59. The summed E-state index contributed by atoms with van der Waals surface area (Å²) < 4.78 is 0. The van der Waals surface area contributed by atoms with Crippen molar-refractivity contribution in [2.45, 2.75) is 57.0 Å². The van der Waals surface area contributed by atoms with Gasteiger partial charge in [0.05, 0.1) is 0 Å². The predicted molar refractivity (Wildman–Crippen MR) is 75.7 cm³/mol. The first-order valence-corrected chi connectivity index (χ1v) is 7.35. The molecule has 1 saturated carbocycles. The average molecular weight is 244 g/mol. The van der Waals surface area contributed by atoms with Crippen molar-refractivity contribution in [2.24, 2.45) is 5.73 Å². The van der Waals surface area contributed by atoms with E-state index in [-0.39, 0.29) is 0 Å². The van der Waals surface area contributed by atoms with Gasteiger partial charge < -0.3 is 11.1 Å². The minimum Gasteiger partial charge on any atom is -0.326 e. The van der Waals surface area contributed by atoms with Gasteiger partial charge in [-0.25, -0.2) is 0 Å². The number of piperidine rings is 1. The van der Waals surface area contributed by atoms with Crippen LogP contribution in [0.25, 0.3) is 0 Å². The summed E-state index contributed by atoms with van der Waals surface area (Å²) in [5.74, 6) is 1.47. The Hall–Kier alpha value is -0.860. The van der Waals surface area contributed by atoms with Crippen LogP contribution < -0.4 is 11.1 Å². The molecule has 1 aliphatic heterocycles. The third-order valence-corrected chi connectivity index (χ3v) is 4.59. The smallest absolute Gasteiger partial charge is 0.0181 e. The quantitative estimate of drug-likeness (QED) is 0.858. The molecule has 0 radical (unpaired) electrons. The molecule has 1 heterocycles. The van der Waals surface area contributed by atoms with Crippen LogP contribution >= 0.6 is 0 Å². The van der Waals surface area contributed by atoms with E-state index >= 15 is 0 Å². The fourth-order valence-electron chi connectivity index (χ4n) is 3.33. The maximum absolute atomic E-state index is 5.93. The van der Waals surface area contributed by atoms with Gasteiger partial charge >= 0.3 is 0 Å². The molecule has 0 amide bonds. The van der Waals surface area contributed by atoms with Crippen molar-refractivity contribution < 1.29 is 0 Å². The van der Waals surface area contributed by atoms with Gasteiger partial charge in [-0.3, -0.25) is 0 Å². The molecule has 18 heavy (non-hydrogen) atoms. The van der Waals surface area contributed by atoms with Crippen LogP contribution in [0.4, 0.5) is 0 Å². The van der Waals surface area contributed by atoms with Gasteiger partial charge in [0.15, 0.2) is 0 Å². The van der Waals surface area contributed by atoms with E-state index < -0.39 is 0 Å². The molecule has 1 saturated heterocycles. The summed E-state index contributed by atoms with van der Waals surface area (Å²) >= 11 is 0. The van der Waals surface area contributed by atoms with E-state index in [1.54, 1.807) is 0 Å². The zero-order valence-electron chi connectivity index (χ0n) is 11.3. The van der Waals surface area contributed by atoms with Gasteiger partial charge in [-0.05, 0) is 67.7 Å². The van der Waals surface area contributed by atoms with Crippen LogP contribution in [-0.4, -0.2) is 12.6 Å². The normalized spacial score (nSPS) is 28.3.